The maximum atomic E-state index is 12.3. The van der Waals surface area contributed by atoms with Crippen LogP contribution in [0, 0.1) is 4.77 Å². The van der Waals surface area contributed by atoms with Gasteiger partial charge in [0.2, 0.25) is 5.88 Å². The summed E-state index contributed by atoms with van der Waals surface area (Å²) >= 11 is 5.20. The van der Waals surface area contributed by atoms with Gasteiger partial charge in [-0.05, 0) is 55.5 Å². The minimum atomic E-state index is -0.580. The van der Waals surface area contributed by atoms with Crippen molar-refractivity contribution in [3.05, 3.63) is 74.8 Å². The van der Waals surface area contributed by atoms with Gasteiger partial charge in [-0.15, -0.1) is 0 Å². The molecule has 9 heteroatoms. The van der Waals surface area contributed by atoms with Crippen LogP contribution in [0.15, 0.2) is 58.3 Å². The molecular weight excluding hydrogens is 406 g/mol. The summed E-state index contributed by atoms with van der Waals surface area (Å²) in [7, 11) is 1.52. The number of carbonyl (C=O) groups excluding carboxylic acids is 1. The second-order valence-corrected chi connectivity index (χ2v) is 6.45. The number of hydrogen-bond acceptors (Lipinski definition) is 7. The van der Waals surface area contributed by atoms with Crippen LogP contribution in [0.5, 0.6) is 11.6 Å². The predicted octanol–water partition coefficient (Wildman–Crippen LogP) is 3.54. The van der Waals surface area contributed by atoms with Gasteiger partial charge in [0.15, 0.2) is 4.77 Å². The molecule has 0 spiro atoms. The smallest absolute Gasteiger partial charge is 0.338 e. The first-order valence-electron chi connectivity index (χ1n) is 8.98. The van der Waals surface area contributed by atoms with Gasteiger partial charge in [0.05, 0.1) is 30.7 Å². The number of aliphatic imine (C=N–C) groups is 1. The monoisotopic (exact) mass is 425 g/mol. The predicted molar refractivity (Wildman–Crippen MR) is 115 cm³/mol. The normalized spacial score (nSPS) is 10.9. The van der Waals surface area contributed by atoms with Crippen LogP contribution in [0.3, 0.4) is 0 Å². The number of methoxy groups -OCH3 is 1. The van der Waals surface area contributed by atoms with E-state index >= 15 is 0 Å². The third-order valence-corrected chi connectivity index (χ3v) is 4.44. The van der Waals surface area contributed by atoms with E-state index in [2.05, 4.69) is 9.98 Å². The molecule has 0 aliphatic carbocycles. The van der Waals surface area contributed by atoms with Gasteiger partial charge < -0.3 is 14.6 Å². The molecule has 2 aromatic carbocycles. The van der Waals surface area contributed by atoms with E-state index in [4.69, 9.17) is 21.7 Å². The Labute approximate surface area is 177 Å². The number of aromatic amines is 1. The Bertz CT molecular complexity index is 1210. The van der Waals surface area contributed by atoms with Crippen LogP contribution >= 0.6 is 12.2 Å². The quantitative estimate of drug-likeness (QED) is 0.356. The fraction of sp³-hybridized carbons (Fsp3) is 0.143. The Morgan fingerprint density at radius 1 is 1.27 bits per heavy atom. The zero-order chi connectivity index (χ0) is 21.7. The van der Waals surface area contributed by atoms with E-state index in [0.717, 1.165) is 0 Å². The number of aromatic hydroxyl groups is 1. The zero-order valence-electron chi connectivity index (χ0n) is 16.3. The van der Waals surface area contributed by atoms with Crippen LogP contribution in [0.4, 0.5) is 5.69 Å². The summed E-state index contributed by atoms with van der Waals surface area (Å²) in [6.45, 7) is 2.01. The van der Waals surface area contributed by atoms with Crippen molar-refractivity contribution in [3.63, 3.8) is 0 Å². The molecule has 0 unspecified atom stereocenters. The molecule has 0 amide bonds. The first kappa shape index (κ1) is 21.0. The minimum Gasteiger partial charge on any atom is -0.497 e. The lowest BCUT2D eigenvalue weighted by molar-refractivity contribution is 0.0526. The number of carbonyl (C=O) groups is 1. The van der Waals surface area contributed by atoms with Gasteiger partial charge in [-0.2, -0.15) is 0 Å². The number of H-pyrrole nitrogens is 1. The number of aromatic nitrogens is 2. The molecule has 1 heterocycles. The lowest BCUT2D eigenvalue weighted by Gasteiger charge is -2.12. The van der Waals surface area contributed by atoms with E-state index in [1.165, 1.54) is 17.9 Å². The Hall–Kier alpha value is -3.72. The number of rotatable bonds is 6. The maximum absolute atomic E-state index is 12.3. The maximum Gasteiger partial charge on any atom is 0.338 e. The van der Waals surface area contributed by atoms with E-state index in [9.17, 15) is 14.7 Å². The summed E-state index contributed by atoms with van der Waals surface area (Å²) in [6, 6.07) is 13.2. The molecule has 0 aliphatic rings. The highest BCUT2D eigenvalue weighted by molar-refractivity contribution is 7.71. The standard InChI is InChI=1S/C21H19N3O5S/c1-3-29-20(27)13-7-9-14(10-8-13)22-12-17-18(25)23-21(30)24(19(17)26)15-5-4-6-16(11-15)28-2/h4-12,26H,3H2,1-2H3,(H,23,25,30). The number of nitrogens with zero attached hydrogens (tertiary/aromatic N) is 2. The van der Waals surface area contributed by atoms with Gasteiger partial charge in [-0.3, -0.25) is 19.3 Å². The largest absolute Gasteiger partial charge is 0.497 e. The minimum absolute atomic E-state index is 0.0293. The van der Waals surface area contributed by atoms with E-state index in [0.29, 0.717) is 22.7 Å². The molecule has 0 atom stereocenters. The SMILES string of the molecule is CCOC(=O)c1ccc(N=Cc2c(O)n(-c3cccc(OC)c3)c(=S)[nH]c2=O)cc1. The molecule has 0 radical (unpaired) electrons. The third-order valence-electron chi connectivity index (χ3n) is 4.15. The van der Waals surface area contributed by atoms with E-state index < -0.39 is 11.5 Å². The molecule has 3 aromatic rings. The van der Waals surface area contributed by atoms with Crippen LogP contribution in [0.1, 0.15) is 22.8 Å². The third kappa shape index (κ3) is 4.47. The molecular formula is C21H19N3O5S. The Morgan fingerprint density at radius 3 is 2.67 bits per heavy atom. The average Bonchev–Trinajstić information content (AvgIpc) is 2.74. The highest BCUT2D eigenvalue weighted by Crippen LogP contribution is 2.23. The number of nitrogens with one attached hydrogen (secondary N) is 1. The second-order valence-electron chi connectivity index (χ2n) is 6.06. The first-order valence-corrected chi connectivity index (χ1v) is 9.39. The fourth-order valence-electron chi connectivity index (χ4n) is 2.68. The topological polar surface area (TPSA) is 106 Å². The fourth-order valence-corrected chi connectivity index (χ4v) is 2.97. The summed E-state index contributed by atoms with van der Waals surface area (Å²) in [6.07, 6.45) is 1.24. The van der Waals surface area contributed by atoms with Crippen LogP contribution in [-0.4, -0.2) is 40.6 Å². The Kier molecular flexibility index (Phi) is 6.43. The highest BCUT2D eigenvalue weighted by atomic mass is 32.1. The molecule has 2 N–H and O–H groups in total. The summed E-state index contributed by atoms with van der Waals surface area (Å²) in [5.41, 5.74) is 0.742. The molecule has 0 saturated carbocycles. The van der Waals surface area contributed by atoms with Crippen molar-refractivity contribution in [2.45, 2.75) is 6.92 Å². The lowest BCUT2D eigenvalue weighted by Crippen LogP contribution is -2.18. The van der Waals surface area contributed by atoms with Crippen molar-refractivity contribution in [1.29, 1.82) is 0 Å². The number of esters is 1. The van der Waals surface area contributed by atoms with Crippen molar-refractivity contribution in [3.8, 4) is 17.3 Å². The summed E-state index contributed by atoms with van der Waals surface area (Å²) in [5.74, 6) is -0.219. The molecule has 8 nitrogen and oxygen atoms in total. The number of benzene rings is 2. The van der Waals surface area contributed by atoms with Gasteiger partial charge in [0, 0.05) is 12.3 Å². The van der Waals surface area contributed by atoms with Crippen molar-refractivity contribution in [2.75, 3.05) is 13.7 Å². The molecule has 0 bridgehead atoms. The Balaban J connectivity index is 1.97. The molecule has 1 aromatic heterocycles. The van der Waals surface area contributed by atoms with E-state index in [1.807, 2.05) is 0 Å². The van der Waals surface area contributed by atoms with Crippen LogP contribution in [-0.2, 0) is 4.74 Å². The van der Waals surface area contributed by atoms with Crippen LogP contribution in [0.25, 0.3) is 5.69 Å². The zero-order valence-corrected chi connectivity index (χ0v) is 17.1. The second kappa shape index (κ2) is 9.19. The van der Waals surface area contributed by atoms with Gasteiger partial charge in [0.25, 0.3) is 5.56 Å². The molecule has 30 heavy (non-hydrogen) atoms. The molecule has 0 aliphatic heterocycles. The van der Waals surface area contributed by atoms with Crippen molar-refractivity contribution in [2.24, 2.45) is 4.99 Å². The summed E-state index contributed by atoms with van der Waals surface area (Å²) < 4.78 is 11.5. The number of ether oxygens (including phenoxy) is 2. The van der Waals surface area contributed by atoms with E-state index in [-0.39, 0.29) is 22.8 Å². The molecule has 0 saturated heterocycles. The van der Waals surface area contributed by atoms with Crippen molar-refractivity contribution in [1.82, 2.24) is 9.55 Å². The van der Waals surface area contributed by atoms with Gasteiger partial charge in [-0.1, -0.05) is 6.07 Å². The summed E-state index contributed by atoms with van der Waals surface area (Å²) in [5, 5.41) is 10.7. The lowest BCUT2D eigenvalue weighted by atomic mass is 10.2. The average molecular weight is 425 g/mol. The van der Waals surface area contributed by atoms with Crippen LogP contribution in [0.2, 0.25) is 0 Å². The highest BCUT2D eigenvalue weighted by Gasteiger charge is 2.13. The van der Waals surface area contributed by atoms with Gasteiger partial charge in [0.1, 0.15) is 11.3 Å². The first-order chi connectivity index (χ1) is 14.4. The van der Waals surface area contributed by atoms with Crippen LogP contribution < -0.4 is 10.3 Å². The van der Waals surface area contributed by atoms with Gasteiger partial charge in [-0.25, -0.2) is 4.79 Å². The molecule has 3 rings (SSSR count). The van der Waals surface area contributed by atoms with Gasteiger partial charge >= 0.3 is 5.97 Å². The molecule has 0 fully saturated rings. The van der Waals surface area contributed by atoms with E-state index in [1.54, 1.807) is 55.5 Å². The molecule has 154 valence electrons. The Morgan fingerprint density at radius 2 is 2.00 bits per heavy atom. The number of hydrogen-bond donors (Lipinski definition) is 2. The summed E-state index contributed by atoms with van der Waals surface area (Å²) in [4.78, 5) is 30.8. The van der Waals surface area contributed by atoms with Crippen molar-refractivity contribution >= 4 is 30.1 Å². The van der Waals surface area contributed by atoms with Crippen molar-refractivity contribution < 1.29 is 19.4 Å².